The van der Waals surface area contributed by atoms with E-state index in [1.54, 1.807) is 18.3 Å². The highest BCUT2D eigenvalue weighted by Crippen LogP contribution is 2.41. The van der Waals surface area contributed by atoms with Crippen LogP contribution in [0.5, 0.6) is 0 Å². The van der Waals surface area contributed by atoms with Crippen molar-refractivity contribution in [1.29, 1.82) is 0 Å². The van der Waals surface area contributed by atoms with E-state index in [0.29, 0.717) is 35.2 Å². The maximum atomic E-state index is 14.1. The molecule has 0 bridgehead atoms. The molecule has 1 aliphatic heterocycles. The molecule has 9 nitrogen and oxygen atoms in total. The monoisotopic (exact) mass is 504 g/mol. The Hall–Kier alpha value is -3.83. The molecule has 11 heteroatoms. The van der Waals surface area contributed by atoms with Gasteiger partial charge in [0, 0.05) is 29.9 Å². The van der Waals surface area contributed by atoms with Gasteiger partial charge in [-0.25, -0.2) is 19.3 Å². The van der Waals surface area contributed by atoms with Crippen LogP contribution in [-0.2, 0) is 0 Å². The van der Waals surface area contributed by atoms with Gasteiger partial charge in [-0.05, 0) is 61.6 Å². The Morgan fingerprint density at radius 2 is 1.89 bits per heavy atom. The quantitative estimate of drug-likeness (QED) is 0.290. The third-order valence-electron chi connectivity index (χ3n) is 7.03. The molecular weight excluding hydrogens is 478 g/mol. The van der Waals surface area contributed by atoms with Crippen molar-refractivity contribution in [2.24, 2.45) is 0 Å². The zero-order valence-electron chi connectivity index (χ0n) is 20.0. The van der Waals surface area contributed by atoms with Crippen LogP contribution in [0.25, 0.3) is 22.3 Å². The van der Waals surface area contributed by atoms with Crippen LogP contribution in [0.3, 0.4) is 0 Å². The Kier molecular flexibility index (Phi) is 6.31. The van der Waals surface area contributed by atoms with E-state index in [1.165, 1.54) is 12.6 Å². The lowest BCUT2D eigenvalue weighted by atomic mass is 9.79. The zero-order valence-corrected chi connectivity index (χ0v) is 20.0. The van der Waals surface area contributed by atoms with Crippen molar-refractivity contribution in [3.05, 3.63) is 60.2 Å². The number of halogens is 2. The van der Waals surface area contributed by atoms with Gasteiger partial charge < -0.3 is 21.1 Å². The number of rotatable bonds is 6. The van der Waals surface area contributed by atoms with Crippen LogP contribution in [0.2, 0.25) is 0 Å². The second-order valence-electron chi connectivity index (χ2n) is 9.48. The average Bonchev–Trinajstić information content (AvgIpc) is 2.87. The first-order chi connectivity index (χ1) is 18.0. The summed E-state index contributed by atoms with van der Waals surface area (Å²) in [7, 11) is 0. The molecule has 6 rings (SSSR count). The van der Waals surface area contributed by atoms with Gasteiger partial charge in [0.25, 0.3) is 0 Å². The van der Waals surface area contributed by atoms with Gasteiger partial charge in [0.15, 0.2) is 17.5 Å². The number of pyridine rings is 3. The number of aliphatic hydroxyl groups is 1. The van der Waals surface area contributed by atoms with E-state index in [1.807, 2.05) is 6.20 Å². The molecule has 4 aromatic heterocycles. The zero-order chi connectivity index (χ0) is 25.4. The lowest BCUT2D eigenvalue weighted by molar-refractivity contribution is 0.128. The molecule has 190 valence electrons. The first-order valence-corrected chi connectivity index (χ1v) is 12.4. The van der Waals surface area contributed by atoms with Gasteiger partial charge in [-0.3, -0.25) is 4.98 Å². The second kappa shape index (κ2) is 9.91. The number of nitrogens with zero attached hydrogens (tertiary/aromatic N) is 5. The van der Waals surface area contributed by atoms with Crippen LogP contribution in [-0.4, -0.2) is 55.3 Å². The minimum Gasteiger partial charge on any atom is -0.390 e. The fraction of sp³-hybridized carbons (Fsp3) is 0.346. The summed E-state index contributed by atoms with van der Waals surface area (Å²) in [6.07, 6.45) is 8.73. The summed E-state index contributed by atoms with van der Waals surface area (Å²) < 4.78 is 27.6. The predicted octanol–water partition coefficient (Wildman–Crippen LogP) is 3.91. The van der Waals surface area contributed by atoms with Gasteiger partial charge in [0.2, 0.25) is 5.95 Å². The summed E-state index contributed by atoms with van der Waals surface area (Å²) in [6.45, 7) is 1.31. The summed E-state index contributed by atoms with van der Waals surface area (Å²) in [6, 6.07) is 5.19. The van der Waals surface area contributed by atoms with E-state index < -0.39 is 17.9 Å². The Labute approximate surface area is 211 Å². The largest absolute Gasteiger partial charge is 0.390 e. The fourth-order valence-corrected chi connectivity index (χ4v) is 4.82. The molecule has 2 aliphatic rings. The first kappa shape index (κ1) is 23.6. The van der Waals surface area contributed by atoms with Crippen LogP contribution in [0.4, 0.5) is 26.2 Å². The summed E-state index contributed by atoms with van der Waals surface area (Å²) in [5.41, 5.74) is 2.44. The number of fused-ring (bicyclic) bond motifs is 1. The van der Waals surface area contributed by atoms with Crippen LogP contribution >= 0.6 is 0 Å². The number of β-amino-alcohol motifs (C(OH)–C–C–N with tert-alkyl or cyclic N) is 1. The Balaban J connectivity index is 1.41. The molecule has 1 aliphatic carbocycles. The normalized spacial score (nSPS) is 20.0. The molecule has 2 fully saturated rings. The van der Waals surface area contributed by atoms with Crippen molar-refractivity contribution >= 4 is 28.4 Å². The lowest BCUT2D eigenvalue weighted by Crippen LogP contribution is -2.47. The number of aliphatic hydroxyl groups excluding tert-OH is 1. The highest BCUT2D eigenvalue weighted by Gasteiger charge is 2.28. The molecule has 0 spiro atoms. The van der Waals surface area contributed by atoms with E-state index >= 15 is 0 Å². The van der Waals surface area contributed by atoms with Crippen LogP contribution in [0, 0.1) is 11.8 Å². The van der Waals surface area contributed by atoms with Gasteiger partial charge in [-0.2, -0.15) is 9.37 Å². The van der Waals surface area contributed by atoms with Gasteiger partial charge in [-0.15, -0.1) is 0 Å². The summed E-state index contributed by atoms with van der Waals surface area (Å²) in [4.78, 5) is 21.9. The molecular formula is C26H26F2N8O. The van der Waals surface area contributed by atoms with Crippen LogP contribution in [0.1, 0.15) is 37.2 Å². The number of anilines is 3. The number of nitrogens with one attached hydrogen (secondary N) is 3. The second-order valence-corrected chi connectivity index (χ2v) is 9.48. The highest BCUT2D eigenvalue weighted by molar-refractivity contribution is 5.93. The van der Waals surface area contributed by atoms with Crippen molar-refractivity contribution in [2.45, 2.75) is 43.7 Å². The van der Waals surface area contributed by atoms with E-state index in [2.05, 4.69) is 30.9 Å². The van der Waals surface area contributed by atoms with E-state index in [0.717, 1.165) is 48.9 Å². The molecule has 4 aromatic rings. The fourth-order valence-electron chi connectivity index (χ4n) is 4.82. The smallest absolute Gasteiger partial charge is 0.214 e. The highest BCUT2D eigenvalue weighted by atomic mass is 19.1. The van der Waals surface area contributed by atoms with Gasteiger partial charge in [-0.1, -0.05) is 6.42 Å². The summed E-state index contributed by atoms with van der Waals surface area (Å²) in [5, 5.41) is 20.9. The minimum absolute atomic E-state index is 0.161. The molecule has 0 radical (unpaired) electrons. The molecule has 0 amide bonds. The Bertz CT molecular complexity index is 1450. The topological polar surface area (TPSA) is 121 Å². The number of hydrogen-bond donors (Lipinski definition) is 4. The number of piperidine rings is 1. The van der Waals surface area contributed by atoms with E-state index in [9.17, 15) is 13.9 Å². The lowest BCUT2D eigenvalue weighted by Gasteiger charge is -2.31. The predicted molar refractivity (Wildman–Crippen MR) is 135 cm³/mol. The van der Waals surface area contributed by atoms with Gasteiger partial charge in [0.1, 0.15) is 11.6 Å². The average molecular weight is 505 g/mol. The van der Waals surface area contributed by atoms with E-state index in [4.69, 9.17) is 9.97 Å². The third-order valence-corrected chi connectivity index (χ3v) is 7.03. The van der Waals surface area contributed by atoms with Crippen molar-refractivity contribution in [2.75, 3.05) is 23.7 Å². The number of aromatic nitrogens is 5. The number of hydrogen-bond acceptors (Lipinski definition) is 9. The Morgan fingerprint density at radius 1 is 1.00 bits per heavy atom. The molecule has 1 saturated heterocycles. The van der Waals surface area contributed by atoms with E-state index in [-0.39, 0.29) is 17.7 Å². The SMILES string of the molecule is OC1CNCCC1Nc1nc(-c2ccnc(Nc3nc(F)ccc3F)c2)nc2cncc(C3CCC3)c12. The summed E-state index contributed by atoms with van der Waals surface area (Å²) in [5.74, 6) is -0.0118. The maximum Gasteiger partial charge on any atom is 0.214 e. The molecule has 2 unspecified atom stereocenters. The van der Waals surface area contributed by atoms with Gasteiger partial charge in [0.05, 0.1) is 23.9 Å². The van der Waals surface area contributed by atoms with Crippen molar-refractivity contribution in [1.82, 2.24) is 30.2 Å². The molecule has 2 atom stereocenters. The third kappa shape index (κ3) is 4.79. The molecule has 1 saturated carbocycles. The summed E-state index contributed by atoms with van der Waals surface area (Å²) >= 11 is 0. The molecule has 0 aromatic carbocycles. The van der Waals surface area contributed by atoms with Crippen LogP contribution in [0.15, 0.2) is 42.9 Å². The molecule has 37 heavy (non-hydrogen) atoms. The minimum atomic E-state index is -0.802. The molecule has 4 N–H and O–H groups in total. The van der Waals surface area contributed by atoms with Gasteiger partial charge >= 0.3 is 0 Å². The standard InChI is InChI=1S/C26H26F2N8O/c27-17-4-5-21(28)34-25(17)35-22-10-15(6-9-31-22)24-33-19-12-30-11-16(14-2-1-3-14)23(19)26(36-24)32-18-7-8-29-13-20(18)37/h4-6,9-12,14,18,20,29,37H,1-3,7-8,13H2,(H,31,34,35)(H,32,33,36). The van der Waals surface area contributed by atoms with Crippen molar-refractivity contribution in [3.8, 4) is 11.4 Å². The maximum absolute atomic E-state index is 14.1. The first-order valence-electron chi connectivity index (χ1n) is 12.4. The van der Waals surface area contributed by atoms with Crippen molar-refractivity contribution < 1.29 is 13.9 Å². The van der Waals surface area contributed by atoms with Crippen molar-refractivity contribution in [3.63, 3.8) is 0 Å². The van der Waals surface area contributed by atoms with Crippen LogP contribution < -0.4 is 16.0 Å². The Morgan fingerprint density at radius 3 is 2.70 bits per heavy atom. The molecule has 5 heterocycles.